The summed E-state index contributed by atoms with van der Waals surface area (Å²) in [6.07, 6.45) is 1.92. The summed E-state index contributed by atoms with van der Waals surface area (Å²) in [5.74, 6) is 0.898. The maximum atomic E-state index is 5.49. The van der Waals surface area contributed by atoms with Gasteiger partial charge >= 0.3 is 0 Å². The number of thiazole rings is 1. The molecule has 3 nitrogen and oxygen atoms in total. The van der Waals surface area contributed by atoms with Crippen LogP contribution in [0.2, 0.25) is 0 Å². The first-order valence-electron chi connectivity index (χ1n) is 5.66. The molecular formula is C13H16N2OS. The van der Waals surface area contributed by atoms with E-state index in [2.05, 4.69) is 16.4 Å². The molecule has 0 unspecified atom stereocenters. The van der Waals surface area contributed by atoms with Crippen molar-refractivity contribution in [1.29, 1.82) is 0 Å². The molecule has 0 saturated carbocycles. The van der Waals surface area contributed by atoms with E-state index in [1.165, 1.54) is 4.88 Å². The van der Waals surface area contributed by atoms with E-state index in [0.717, 1.165) is 22.9 Å². The Balaban J connectivity index is 2.22. The Morgan fingerprint density at radius 2 is 2.29 bits per heavy atom. The average Bonchev–Trinajstić information content (AvgIpc) is 2.79. The zero-order chi connectivity index (χ0) is 12.1. The van der Waals surface area contributed by atoms with Crippen LogP contribution < -0.4 is 10.1 Å². The summed E-state index contributed by atoms with van der Waals surface area (Å²) in [6.45, 7) is 3.54. The van der Waals surface area contributed by atoms with E-state index < -0.39 is 0 Å². The van der Waals surface area contributed by atoms with Crippen LogP contribution in [0.4, 0.5) is 0 Å². The first-order valence-corrected chi connectivity index (χ1v) is 6.47. The van der Waals surface area contributed by atoms with Crippen molar-refractivity contribution < 1.29 is 4.74 Å². The predicted octanol–water partition coefficient (Wildman–Crippen LogP) is 2.93. The zero-order valence-corrected chi connectivity index (χ0v) is 10.9. The van der Waals surface area contributed by atoms with Crippen LogP contribution in [-0.2, 0) is 6.54 Å². The largest absolute Gasteiger partial charge is 0.494 e. The van der Waals surface area contributed by atoms with Crippen molar-refractivity contribution in [2.45, 2.75) is 13.5 Å². The molecule has 4 heteroatoms. The topological polar surface area (TPSA) is 34.1 Å². The number of hydrogen-bond acceptors (Lipinski definition) is 4. The van der Waals surface area contributed by atoms with Crippen molar-refractivity contribution in [1.82, 2.24) is 10.3 Å². The van der Waals surface area contributed by atoms with Gasteiger partial charge in [-0.3, -0.25) is 0 Å². The molecule has 1 N–H and O–H groups in total. The lowest BCUT2D eigenvalue weighted by Crippen LogP contribution is -2.02. The van der Waals surface area contributed by atoms with E-state index in [-0.39, 0.29) is 0 Å². The zero-order valence-electron chi connectivity index (χ0n) is 10.1. The monoisotopic (exact) mass is 248 g/mol. The predicted molar refractivity (Wildman–Crippen MR) is 71.5 cm³/mol. The van der Waals surface area contributed by atoms with Crippen LogP contribution in [0.15, 0.2) is 30.5 Å². The molecule has 17 heavy (non-hydrogen) atoms. The number of ether oxygens (including phenoxy) is 1. The van der Waals surface area contributed by atoms with Gasteiger partial charge in [-0.15, -0.1) is 11.3 Å². The van der Waals surface area contributed by atoms with Crippen LogP contribution >= 0.6 is 11.3 Å². The number of nitrogens with one attached hydrogen (secondary N) is 1. The van der Waals surface area contributed by atoms with Gasteiger partial charge < -0.3 is 10.1 Å². The third-order valence-corrected chi connectivity index (χ3v) is 3.34. The van der Waals surface area contributed by atoms with Crippen molar-refractivity contribution in [3.05, 3.63) is 35.3 Å². The van der Waals surface area contributed by atoms with Gasteiger partial charge in [-0.05, 0) is 26.1 Å². The Morgan fingerprint density at radius 3 is 3.06 bits per heavy atom. The summed E-state index contributed by atoms with van der Waals surface area (Å²) < 4.78 is 5.49. The van der Waals surface area contributed by atoms with Gasteiger partial charge in [0.2, 0.25) is 0 Å². The molecule has 0 radical (unpaired) electrons. The standard InChI is InChI=1S/C13H16N2OS/c1-3-16-11-6-4-5-10(7-11)13-15-9-12(17-13)8-14-2/h4-7,9,14H,3,8H2,1-2H3. The fourth-order valence-electron chi connectivity index (χ4n) is 1.58. The van der Waals surface area contributed by atoms with Crippen LogP contribution in [0.5, 0.6) is 5.75 Å². The second-order valence-electron chi connectivity index (χ2n) is 3.62. The van der Waals surface area contributed by atoms with Crippen LogP contribution in [0, 0.1) is 0 Å². The van der Waals surface area contributed by atoms with Crippen molar-refractivity contribution in [2.24, 2.45) is 0 Å². The minimum Gasteiger partial charge on any atom is -0.494 e. The summed E-state index contributed by atoms with van der Waals surface area (Å²) >= 11 is 1.71. The second-order valence-corrected chi connectivity index (χ2v) is 4.74. The highest BCUT2D eigenvalue weighted by atomic mass is 32.1. The van der Waals surface area contributed by atoms with Crippen LogP contribution in [0.25, 0.3) is 10.6 Å². The molecule has 0 bridgehead atoms. The van der Waals surface area contributed by atoms with E-state index in [9.17, 15) is 0 Å². The fraction of sp³-hybridized carbons (Fsp3) is 0.308. The lowest BCUT2D eigenvalue weighted by atomic mass is 10.2. The number of aromatic nitrogens is 1. The van der Waals surface area contributed by atoms with Gasteiger partial charge in [0, 0.05) is 23.2 Å². The van der Waals surface area contributed by atoms with Crippen molar-refractivity contribution in [3.63, 3.8) is 0 Å². The minimum atomic E-state index is 0.687. The SMILES string of the molecule is CCOc1cccc(-c2ncc(CNC)s2)c1. The van der Waals surface area contributed by atoms with Crippen LogP contribution in [0.3, 0.4) is 0 Å². The van der Waals surface area contributed by atoms with E-state index in [4.69, 9.17) is 4.74 Å². The molecule has 1 aromatic carbocycles. The third kappa shape index (κ3) is 3.05. The molecular weight excluding hydrogens is 232 g/mol. The average molecular weight is 248 g/mol. The second kappa shape index (κ2) is 5.80. The summed E-state index contributed by atoms with van der Waals surface area (Å²) in [4.78, 5) is 5.67. The number of benzene rings is 1. The Morgan fingerprint density at radius 1 is 1.41 bits per heavy atom. The minimum absolute atomic E-state index is 0.687. The summed E-state index contributed by atoms with van der Waals surface area (Å²) in [5, 5.41) is 4.16. The number of nitrogens with zero attached hydrogens (tertiary/aromatic N) is 1. The van der Waals surface area contributed by atoms with E-state index in [0.29, 0.717) is 6.61 Å². The molecule has 1 heterocycles. The summed E-state index contributed by atoms with van der Waals surface area (Å²) in [6, 6.07) is 8.06. The van der Waals surface area contributed by atoms with Gasteiger partial charge in [0.05, 0.1) is 6.61 Å². The smallest absolute Gasteiger partial charge is 0.123 e. The van der Waals surface area contributed by atoms with Gasteiger partial charge in [0.15, 0.2) is 0 Å². The molecule has 90 valence electrons. The maximum Gasteiger partial charge on any atom is 0.123 e. The lowest BCUT2D eigenvalue weighted by molar-refractivity contribution is 0.340. The first-order chi connectivity index (χ1) is 8.33. The van der Waals surface area contributed by atoms with E-state index in [1.54, 1.807) is 11.3 Å². The molecule has 0 aliphatic rings. The molecule has 0 saturated heterocycles. The molecule has 0 aliphatic heterocycles. The van der Waals surface area contributed by atoms with Crippen molar-refractivity contribution >= 4 is 11.3 Å². The normalized spacial score (nSPS) is 10.5. The van der Waals surface area contributed by atoms with Crippen LogP contribution in [-0.4, -0.2) is 18.6 Å². The highest BCUT2D eigenvalue weighted by Gasteiger charge is 2.05. The lowest BCUT2D eigenvalue weighted by Gasteiger charge is -2.03. The summed E-state index contributed by atoms with van der Waals surface area (Å²) in [7, 11) is 1.94. The molecule has 0 atom stereocenters. The van der Waals surface area contributed by atoms with Gasteiger partial charge in [0.25, 0.3) is 0 Å². The molecule has 1 aromatic heterocycles. The molecule has 0 spiro atoms. The Kier molecular flexibility index (Phi) is 4.12. The van der Waals surface area contributed by atoms with Gasteiger partial charge in [-0.2, -0.15) is 0 Å². The molecule has 2 rings (SSSR count). The van der Waals surface area contributed by atoms with E-state index in [1.807, 2.05) is 38.4 Å². The quantitative estimate of drug-likeness (QED) is 0.883. The molecule has 0 amide bonds. The maximum absolute atomic E-state index is 5.49. The van der Waals surface area contributed by atoms with Gasteiger partial charge in [-0.25, -0.2) is 4.98 Å². The summed E-state index contributed by atoms with van der Waals surface area (Å²) in [5.41, 5.74) is 1.11. The van der Waals surface area contributed by atoms with Gasteiger partial charge in [-0.1, -0.05) is 12.1 Å². The van der Waals surface area contributed by atoms with Crippen molar-refractivity contribution in [3.8, 4) is 16.3 Å². The van der Waals surface area contributed by atoms with Gasteiger partial charge in [0.1, 0.15) is 10.8 Å². The molecule has 0 aliphatic carbocycles. The molecule has 2 aromatic rings. The Hall–Kier alpha value is -1.39. The Bertz CT molecular complexity index is 482. The highest BCUT2D eigenvalue weighted by molar-refractivity contribution is 7.15. The van der Waals surface area contributed by atoms with Crippen LogP contribution in [0.1, 0.15) is 11.8 Å². The van der Waals surface area contributed by atoms with E-state index >= 15 is 0 Å². The Labute approximate surface area is 105 Å². The first kappa shape index (κ1) is 12.1. The third-order valence-electron chi connectivity index (χ3n) is 2.30. The number of rotatable bonds is 5. The fourth-order valence-corrected chi connectivity index (χ4v) is 2.50. The highest BCUT2D eigenvalue weighted by Crippen LogP contribution is 2.27. The number of hydrogen-bond donors (Lipinski definition) is 1. The molecule has 0 fully saturated rings. The van der Waals surface area contributed by atoms with Crippen molar-refractivity contribution in [2.75, 3.05) is 13.7 Å².